The Morgan fingerprint density at radius 3 is 2.62 bits per heavy atom. The largest absolute Gasteiger partial charge is 0.313 e. The van der Waals surface area contributed by atoms with Crippen molar-refractivity contribution in [1.82, 2.24) is 10.2 Å². The lowest BCUT2D eigenvalue weighted by Crippen LogP contribution is -2.43. The van der Waals surface area contributed by atoms with E-state index in [-0.39, 0.29) is 0 Å². The van der Waals surface area contributed by atoms with E-state index in [1.54, 1.807) is 0 Å². The first-order chi connectivity index (χ1) is 7.72. The molecule has 0 spiro atoms. The second kappa shape index (κ2) is 8.15. The number of piperidine rings is 1. The molecule has 16 heavy (non-hydrogen) atoms. The van der Waals surface area contributed by atoms with Crippen LogP contribution in [0.5, 0.6) is 0 Å². The molecule has 1 heterocycles. The molecule has 2 nitrogen and oxygen atoms in total. The fourth-order valence-electron chi connectivity index (χ4n) is 2.00. The van der Waals surface area contributed by atoms with Gasteiger partial charge in [-0.3, -0.25) is 4.90 Å². The average Bonchev–Trinajstić information content (AvgIpc) is 2.28. The smallest absolute Gasteiger partial charge is 0.0165 e. The van der Waals surface area contributed by atoms with Gasteiger partial charge in [-0.05, 0) is 46.0 Å². The molecule has 0 aromatic heterocycles. The number of likely N-dealkylation sites (tertiary alicyclic amines) is 1. The molecule has 0 aromatic rings. The molecule has 1 saturated heterocycles. The summed E-state index contributed by atoms with van der Waals surface area (Å²) in [7, 11) is 0. The van der Waals surface area contributed by atoms with E-state index < -0.39 is 0 Å². The third-order valence-electron chi connectivity index (χ3n) is 3.08. The topological polar surface area (TPSA) is 15.3 Å². The molecular weight excluding hydrogens is 216 g/mol. The molecule has 0 saturated carbocycles. The van der Waals surface area contributed by atoms with E-state index >= 15 is 0 Å². The highest BCUT2D eigenvalue weighted by Crippen LogP contribution is 2.10. The Kier molecular flexibility index (Phi) is 7.17. The highest BCUT2D eigenvalue weighted by Gasteiger charge is 2.17. The van der Waals surface area contributed by atoms with Crippen LogP contribution in [0.4, 0.5) is 0 Å². The van der Waals surface area contributed by atoms with Crippen molar-refractivity contribution in [3.8, 4) is 0 Å². The van der Waals surface area contributed by atoms with Crippen molar-refractivity contribution in [2.75, 3.05) is 38.2 Å². The molecule has 0 radical (unpaired) electrons. The SMILES string of the molecule is CSCCNC1CCN(CC=C(C)C)CC1. The van der Waals surface area contributed by atoms with E-state index in [0.717, 1.165) is 12.6 Å². The maximum atomic E-state index is 3.65. The van der Waals surface area contributed by atoms with Crippen molar-refractivity contribution in [3.05, 3.63) is 11.6 Å². The van der Waals surface area contributed by atoms with Gasteiger partial charge in [-0.25, -0.2) is 0 Å². The summed E-state index contributed by atoms with van der Waals surface area (Å²) in [5.74, 6) is 1.23. The molecule has 0 unspecified atom stereocenters. The van der Waals surface area contributed by atoms with E-state index in [0.29, 0.717) is 0 Å². The maximum Gasteiger partial charge on any atom is 0.0165 e. The van der Waals surface area contributed by atoms with Crippen LogP contribution in [0.25, 0.3) is 0 Å². The van der Waals surface area contributed by atoms with E-state index in [4.69, 9.17) is 0 Å². The molecule has 0 aromatic carbocycles. The van der Waals surface area contributed by atoms with Crippen LogP contribution < -0.4 is 5.32 Å². The van der Waals surface area contributed by atoms with Crippen molar-refractivity contribution in [2.45, 2.75) is 32.7 Å². The summed E-state index contributed by atoms with van der Waals surface area (Å²) in [6.45, 7) is 9.16. The Morgan fingerprint density at radius 2 is 2.06 bits per heavy atom. The fraction of sp³-hybridized carbons (Fsp3) is 0.846. The summed E-state index contributed by atoms with van der Waals surface area (Å²) in [6.07, 6.45) is 7.13. The Hall–Kier alpha value is 0.0100. The van der Waals surface area contributed by atoms with Crippen LogP contribution in [-0.2, 0) is 0 Å². The van der Waals surface area contributed by atoms with Gasteiger partial charge in [-0.1, -0.05) is 11.6 Å². The van der Waals surface area contributed by atoms with Crippen molar-refractivity contribution in [2.24, 2.45) is 0 Å². The van der Waals surface area contributed by atoms with Crippen molar-refractivity contribution in [1.29, 1.82) is 0 Å². The predicted octanol–water partition coefficient (Wildman–Crippen LogP) is 2.37. The predicted molar refractivity (Wildman–Crippen MR) is 75.3 cm³/mol. The number of hydrogen-bond donors (Lipinski definition) is 1. The summed E-state index contributed by atoms with van der Waals surface area (Å²) in [5.41, 5.74) is 1.43. The van der Waals surface area contributed by atoms with E-state index in [2.05, 4.69) is 36.4 Å². The maximum absolute atomic E-state index is 3.65. The number of thioether (sulfide) groups is 1. The lowest BCUT2D eigenvalue weighted by molar-refractivity contribution is 0.216. The fourth-order valence-corrected chi connectivity index (χ4v) is 2.32. The lowest BCUT2D eigenvalue weighted by Gasteiger charge is -2.31. The number of allylic oxidation sites excluding steroid dienone is 1. The van der Waals surface area contributed by atoms with E-state index in [1.807, 2.05) is 11.8 Å². The van der Waals surface area contributed by atoms with Crippen LogP contribution in [0.2, 0.25) is 0 Å². The normalized spacial score (nSPS) is 18.7. The molecule has 3 heteroatoms. The summed E-state index contributed by atoms with van der Waals surface area (Å²) >= 11 is 1.92. The van der Waals surface area contributed by atoms with Gasteiger partial charge in [0.15, 0.2) is 0 Å². The summed E-state index contributed by atoms with van der Waals surface area (Å²) in [6, 6.07) is 0.759. The van der Waals surface area contributed by atoms with Crippen LogP contribution in [0.3, 0.4) is 0 Å². The molecule has 1 rings (SSSR count). The zero-order valence-electron chi connectivity index (χ0n) is 11.0. The summed E-state index contributed by atoms with van der Waals surface area (Å²) < 4.78 is 0. The Labute approximate surface area is 105 Å². The van der Waals surface area contributed by atoms with Gasteiger partial charge in [0.1, 0.15) is 0 Å². The zero-order chi connectivity index (χ0) is 11.8. The first kappa shape index (κ1) is 14.1. The second-order valence-electron chi connectivity index (χ2n) is 4.80. The third-order valence-corrected chi connectivity index (χ3v) is 3.70. The van der Waals surface area contributed by atoms with Crippen LogP contribution in [0.1, 0.15) is 26.7 Å². The number of nitrogens with one attached hydrogen (secondary N) is 1. The molecule has 1 aliphatic rings. The molecule has 94 valence electrons. The van der Waals surface area contributed by atoms with Crippen LogP contribution in [0.15, 0.2) is 11.6 Å². The van der Waals surface area contributed by atoms with E-state index in [1.165, 1.54) is 43.8 Å². The molecule has 0 amide bonds. The Balaban J connectivity index is 2.11. The Bertz CT molecular complexity index is 204. The molecule has 1 aliphatic heterocycles. The first-order valence-electron chi connectivity index (χ1n) is 6.30. The number of nitrogens with zero attached hydrogens (tertiary/aromatic N) is 1. The minimum atomic E-state index is 0.759. The van der Waals surface area contributed by atoms with Gasteiger partial charge in [-0.2, -0.15) is 11.8 Å². The van der Waals surface area contributed by atoms with Crippen molar-refractivity contribution >= 4 is 11.8 Å². The van der Waals surface area contributed by atoms with Gasteiger partial charge < -0.3 is 5.32 Å². The molecule has 0 aliphatic carbocycles. The number of hydrogen-bond acceptors (Lipinski definition) is 3. The third kappa shape index (κ3) is 5.92. The summed E-state index contributed by atoms with van der Waals surface area (Å²) in [4.78, 5) is 2.56. The average molecular weight is 242 g/mol. The van der Waals surface area contributed by atoms with Gasteiger partial charge in [0, 0.05) is 24.9 Å². The molecule has 1 fully saturated rings. The van der Waals surface area contributed by atoms with Gasteiger partial charge in [0.2, 0.25) is 0 Å². The van der Waals surface area contributed by atoms with Crippen molar-refractivity contribution in [3.63, 3.8) is 0 Å². The van der Waals surface area contributed by atoms with E-state index in [9.17, 15) is 0 Å². The van der Waals surface area contributed by atoms with Gasteiger partial charge in [0.05, 0.1) is 0 Å². The molecule has 0 bridgehead atoms. The van der Waals surface area contributed by atoms with Crippen LogP contribution in [-0.4, -0.2) is 49.1 Å². The van der Waals surface area contributed by atoms with Gasteiger partial charge >= 0.3 is 0 Å². The second-order valence-corrected chi connectivity index (χ2v) is 5.79. The minimum absolute atomic E-state index is 0.759. The summed E-state index contributed by atoms with van der Waals surface area (Å²) in [5, 5.41) is 3.65. The standard InChI is InChI=1S/C13H26N2S/c1-12(2)4-8-15-9-5-13(6-10-15)14-7-11-16-3/h4,13-14H,5-11H2,1-3H3. The zero-order valence-corrected chi connectivity index (χ0v) is 11.8. The monoisotopic (exact) mass is 242 g/mol. The molecule has 1 N–H and O–H groups in total. The molecular formula is C13H26N2S. The Morgan fingerprint density at radius 1 is 1.38 bits per heavy atom. The lowest BCUT2D eigenvalue weighted by atomic mass is 10.1. The highest BCUT2D eigenvalue weighted by molar-refractivity contribution is 7.98. The van der Waals surface area contributed by atoms with Gasteiger partial charge in [-0.15, -0.1) is 0 Å². The quantitative estimate of drug-likeness (QED) is 0.569. The first-order valence-corrected chi connectivity index (χ1v) is 7.70. The van der Waals surface area contributed by atoms with Crippen LogP contribution >= 0.6 is 11.8 Å². The van der Waals surface area contributed by atoms with Crippen molar-refractivity contribution < 1.29 is 0 Å². The van der Waals surface area contributed by atoms with Gasteiger partial charge in [0.25, 0.3) is 0 Å². The van der Waals surface area contributed by atoms with Crippen LogP contribution in [0, 0.1) is 0 Å². The molecule has 0 atom stereocenters. The minimum Gasteiger partial charge on any atom is -0.313 e. The highest BCUT2D eigenvalue weighted by atomic mass is 32.2. The number of rotatable bonds is 6.